The van der Waals surface area contributed by atoms with E-state index in [1.165, 1.54) is 46.9 Å². The highest BCUT2D eigenvalue weighted by Gasteiger charge is 2.14. The van der Waals surface area contributed by atoms with E-state index >= 15 is 0 Å². The van der Waals surface area contributed by atoms with E-state index in [1.807, 2.05) is 0 Å². The number of nitrogens with two attached hydrogens (primary N) is 1. The number of hydrogen-bond donors (Lipinski definition) is 2. The summed E-state index contributed by atoms with van der Waals surface area (Å²) in [7, 11) is 0. The van der Waals surface area contributed by atoms with E-state index in [2.05, 4.69) is 31.2 Å². The minimum atomic E-state index is 0.219. The average molecular weight is 260 g/mol. The summed E-state index contributed by atoms with van der Waals surface area (Å²) >= 11 is 1.44. The molecule has 96 valence electrons. The summed E-state index contributed by atoms with van der Waals surface area (Å²) in [5.74, 6) is 0.874. The van der Waals surface area contributed by atoms with Crippen molar-refractivity contribution >= 4 is 22.5 Å². The van der Waals surface area contributed by atoms with Crippen LogP contribution in [-0.2, 0) is 0 Å². The van der Waals surface area contributed by atoms with Crippen molar-refractivity contribution in [3.05, 3.63) is 41.0 Å². The van der Waals surface area contributed by atoms with Gasteiger partial charge in [0.2, 0.25) is 0 Å². The molecule has 18 heavy (non-hydrogen) atoms. The Hall–Kier alpha value is -1.22. The van der Waals surface area contributed by atoms with E-state index in [4.69, 9.17) is 11.1 Å². The predicted molar refractivity (Wildman–Crippen MR) is 80.9 cm³/mol. The standard InChI is InChI=1S/C15H20N2S/c1-11-5-4-7-12(9-11)14-8-3-2-6-13(14)10-18-15(16)17/h4-5,7,9H,2-3,6,8,10H2,1H3,(H3,16,17). The highest BCUT2D eigenvalue weighted by atomic mass is 32.2. The molecule has 0 bridgehead atoms. The van der Waals surface area contributed by atoms with Crippen molar-refractivity contribution in [2.75, 3.05) is 5.75 Å². The van der Waals surface area contributed by atoms with Crippen LogP contribution in [0.3, 0.4) is 0 Å². The van der Waals surface area contributed by atoms with Crippen LogP contribution in [0.25, 0.3) is 5.57 Å². The van der Waals surface area contributed by atoms with Crippen LogP contribution in [0.15, 0.2) is 29.8 Å². The Labute approximate surface area is 113 Å². The second kappa shape index (κ2) is 6.10. The molecule has 0 amide bonds. The molecule has 0 saturated heterocycles. The molecule has 0 radical (unpaired) electrons. The Morgan fingerprint density at radius 3 is 2.83 bits per heavy atom. The Kier molecular flexibility index (Phi) is 4.48. The molecule has 1 aliphatic rings. The summed E-state index contributed by atoms with van der Waals surface area (Å²) in [6, 6.07) is 8.73. The maximum absolute atomic E-state index is 7.34. The molecule has 1 aliphatic carbocycles. The zero-order valence-corrected chi connectivity index (χ0v) is 11.6. The minimum absolute atomic E-state index is 0.219. The molecule has 0 aliphatic heterocycles. The van der Waals surface area contributed by atoms with Crippen molar-refractivity contribution in [1.82, 2.24) is 0 Å². The first-order valence-electron chi connectivity index (χ1n) is 6.41. The highest BCUT2D eigenvalue weighted by molar-refractivity contribution is 8.13. The van der Waals surface area contributed by atoms with Crippen LogP contribution in [0.1, 0.15) is 36.8 Å². The maximum atomic E-state index is 7.34. The normalized spacial score (nSPS) is 15.8. The summed E-state index contributed by atoms with van der Waals surface area (Å²) < 4.78 is 0. The van der Waals surface area contributed by atoms with Gasteiger partial charge in [-0.1, -0.05) is 47.2 Å². The van der Waals surface area contributed by atoms with E-state index in [-0.39, 0.29) is 5.17 Å². The SMILES string of the molecule is Cc1cccc(C2=C(CSC(=N)N)CCCC2)c1. The third-order valence-electron chi connectivity index (χ3n) is 3.35. The van der Waals surface area contributed by atoms with E-state index in [0.29, 0.717) is 0 Å². The number of allylic oxidation sites excluding steroid dienone is 1. The summed E-state index contributed by atoms with van der Waals surface area (Å²) in [5, 5.41) is 7.55. The van der Waals surface area contributed by atoms with Gasteiger partial charge in [0.05, 0.1) is 0 Å². The highest BCUT2D eigenvalue weighted by Crippen LogP contribution is 2.34. The van der Waals surface area contributed by atoms with Crippen molar-refractivity contribution in [1.29, 1.82) is 5.41 Å². The molecule has 0 spiro atoms. The van der Waals surface area contributed by atoms with Crippen LogP contribution in [-0.4, -0.2) is 10.9 Å². The molecule has 3 N–H and O–H groups in total. The monoisotopic (exact) mass is 260 g/mol. The third-order valence-corrected chi connectivity index (χ3v) is 4.15. The van der Waals surface area contributed by atoms with Crippen LogP contribution in [0.2, 0.25) is 0 Å². The van der Waals surface area contributed by atoms with E-state index in [1.54, 1.807) is 0 Å². The molecule has 0 heterocycles. The Balaban J connectivity index is 2.27. The fourth-order valence-electron chi connectivity index (χ4n) is 2.47. The first-order valence-corrected chi connectivity index (χ1v) is 7.40. The Morgan fingerprint density at radius 2 is 2.11 bits per heavy atom. The number of benzene rings is 1. The van der Waals surface area contributed by atoms with Crippen molar-refractivity contribution in [2.24, 2.45) is 5.73 Å². The van der Waals surface area contributed by atoms with Crippen LogP contribution < -0.4 is 5.73 Å². The summed E-state index contributed by atoms with van der Waals surface area (Å²) in [6.45, 7) is 2.14. The minimum Gasteiger partial charge on any atom is -0.379 e. The molecular weight excluding hydrogens is 240 g/mol. The smallest absolute Gasteiger partial charge is 0.151 e. The maximum Gasteiger partial charge on any atom is 0.151 e. The fourth-order valence-corrected chi connectivity index (χ4v) is 3.12. The zero-order valence-electron chi connectivity index (χ0n) is 10.8. The molecule has 3 heteroatoms. The van der Waals surface area contributed by atoms with Crippen molar-refractivity contribution in [3.63, 3.8) is 0 Å². The van der Waals surface area contributed by atoms with Gasteiger partial charge in [0, 0.05) is 5.75 Å². The van der Waals surface area contributed by atoms with Gasteiger partial charge in [-0.3, -0.25) is 5.41 Å². The Bertz CT molecular complexity index is 477. The molecule has 0 aromatic heterocycles. The van der Waals surface area contributed by atoms with Gasteiger partial charge in [0.15, 0.2) is 5.17 Å². The topological polar surface area (TPSA) is 49.9 Å². The van der Waals surface area contributed by atoms with Gasteiger partial charge in [-0.2, -0.15) is 0 Å². The summed E-state index contributed by atoms with van der Waals surface area (Å²) in [6.07, 6.45) is 4.86. The quantitative estimate of drug-likeness (QED) is 0.638. The number of nitrogens with one attached hydrogen (secondary N) is 1. The first kappa shape index (κ1) is 13.2. The number of thioether (sulfide) groups is 1. The van der Waals surface area contributed by atoms with Gasteiger partial charge >= 0.3 is 0 Å². The number of rotatable bonds is 3. The molecule has 2 nitrogen and oxygen atoms in total. The van der Waals surface area contributed by atoms with Crippen molar-refractivity contribution in [2.45, 2.75) is 32.6 Å². The van der Waals surface area contributed by atoms with E-state index < -0.39 is 0 Å². The molecular formula is C15H20N2S. The first-order chi connectivity index (χ1) is 8.66. The van der Waals surface area contributed by atoms with Crippen LogP contribution >= 0.6 is 11.8 Å². The largest absolute Gasteiger partial charge is 0.379 e. The van der Waals surface area contributed by atoms with Crippen LogP contribution in [0.4, 0.5) is 0 Å². The Morgan fingerprint density at radius 1 is 1.33 bits per heavy atom. The van der Waals surface area contributed by atoms with Gasteiger partial charge < -0.3 is 5.73 Å². The van der Waals surface area contributed by atoms with Gasteiger partial charge in [-0.05, 0) is 43.7 Å². The molecule has 1 aromatic rings. The van der Waals surface area contributed by atoms with Gasteiger partial charge in [0.25, 0.3) is 0 Å². The van der Waals surface area contributed by atoms with Crippen LogP contribution in [0.5, 0.6) is 0 Å². The lowest BCUT2D eigenvalue weighted by molar-refractivity contribution is 0.716. The van der Waals surface area contributed by atoms with Gasteiger partial charge in [-0.15, -0.1) is 0 Å². The van der Waals surface area contributed by atoms with Gasteiger partial charge in [-0.25, -0.2) is 0 Å². The van der Waals surface area contributed by atoms with Crippen LogP contribution in [0, 0.1) is 12.3 Å². The fraction of sp³-hybridized carbons (Fsp3) is 0.400. The van der Waals surface area contributed by atoms with E-state index in [9.17, 15) is 0 Å². The molecule has 2 rings (SSSR count). The summed E-state index contributed by atoms with van der Waals surface area (Å²) in [5.41, 5.74) is 11.1. The molecule has 0 unspecified atom stereocenters. The third kappa shape index (κ3) is 3.39. The number of amidine groups is 1. The van der Waals surface area contributed by atoms with Crippen molar-refractivity contribution < 1.29 is 0 Å². The molecule has 0 fully saturated rings. The lowest BCUT2D eigenvalue weighted by Crippen LogP contribution is -2.08. The second-order valence-electron chi connectivity index (χ2n) is 4.81. The average Bonchev–Trinajstić information content (AvgIpc) is 2.36. The zero-order chi connectivity index (χ0) is 13.0. The lowest BCUT2D eigenvalue weighted by atomic mass is 9.88. The van der Waals surface area contributed by atoms with Gasteiger partial charge in [0.1, 0.15) is 0 Å². The van der Waals surface area contributed by atoms with E-state index in [0.717, 1.165) is 18.6 Å². The molecule has 0 saturated carbocycles. The molecule has 0 atom stereocenters. The number of aryl methyl sites for hydroxylation is 1. The predicted octanol–water partition coefficient (Wildman–Crippen LogP) is 3.95. The number of hydrogen-bond acceptors (Lipinski definition) is 2. The lowest BCUT2D eigenvalue weighted by Gasteiger charge is -2.21. The second-order valence-corrected chi connectivity index (χ2v) is 5.83. The molecule has 1 aromatic carbocycles. The summed E-state index contributed by atoms with van der Waals surface area (Å²) in [4.78, 5) is 0. The van der Waals surface area contributed by atoms with Crippen molar-refractivity contribution in [3.8, 4) is 0 Å².